The van der Waals surface area contributed by atoms with E-state index < -0.39 is 11.8 Å². The minimum atomic E-state index is -0.976. The summed E-state index contributed by atoms with van der Waals surface area (Å²) >= 11 is 0. The second kappa shape index (κ2) is 9.54. The number of aryl methyl sites for hydroxylation is 1. The van der Waals surface area contributed by atoms with Gasteiger partial charge in [-0.15, -0.1) is 0 Å². The Morgan fingerprint density at radius 2 is 1.69 bits per heavy atom. The molecule has 0 aliphatic rings. The molecule has 0 amide bonds. The second-order valence-electron chi connectivity index (χ2n) is 8.38. The number of halogens is 1. The van der Waals surface area contributed by atoms with Gasteiger partial charge in [-0.3, -0.25) is 9.20 Å². The van der Waals surface area contributed by atoms with Crippen LogP contribution in [0.1, 0.15) is 41.1 Å². The van der Waals surface area contributed by atoms with Crippen LogP contribution < -0.4 is 0 Å². The molecule has 0 aliphatic heterocycles. The molecule has 3 aromatic heterocycles. The van der Waals surface area contributed by atoms with Crippen molar-refractivity contribution in [2.24, 2.45) is 0 Å². The third-order valence-electron chi connectivity index (χ3n) is 5.95. The van der Waals surface area contributed by atoms with Crippen molar-refractivity contribution in [3.63, 3.8) is 0 Å². The maximum Gasteiger partial charge on any atom is 0.309 e. The van der Waals surface area contributed by atoms with Crippen molar-refractivity contribution in [3.8, 4) is 11.3 Å². The SMILES string of the molecule is CCc1ccc(Cc2nc3c(Cc4ccccc4)nc(-c4ccccc4F)cn3c2CC(=O)O)o1. The average molecular weight is 470 g/mol. The molecule has 0 atom stereocenters. The summed E-state index contributed by atoms with van der Waals surface area (Å²) in [7, 11) is 0. The van der Waals surface area contributed by atoms with Gasteiger partial charge < -0.3 is 9.52 Å². The van der Waals surface area contributed by atoms with Gasteiger partial charge >= 0.3 is 5.97 Å². The highest BCUT2D eigenvalue weighted by Crippen LogP contribution is 2.27. The Hall–Kier alpha value is -4.26. The maximum absolute atomic E-state index is 14.7. The standard InChI is InChI=1S/C28H24FN3O3/c1-2-19-12-13-20(35-19)15-23-26(16-27(33)34)32-17-25(21-10-6-7-11-22(21)29)30-24(28(32)31-23)14-18-8-4-3-5-9-18/h3-13,17H,2,14-16H2,1H3,(H,33,34). The van der Waals surface area contributed by atoms with Crippen LogP contribution in [-0.4, -0.2) is 25.4 Å². The monoisotopic (exact) mass is 469 g/mol. The predicted octanol–water partition coefficient (Wildman–Crippen LogP) is 5.50. The van der Waals surface area contributed by atoms with Crippen LogP contribution in [0.5, 0.6) is 0 Å². The Morgan fingerprint density at radius 3 is 2.40 bits per heavy atom. The van der Waals surface area contributed by atoms with Crippen molar-refractivity contribution in [2.45, 2.75) is 32.6 Å². The van der Waals surface area contributed by atoms with Crippen LogP contribution in [0.4, 0.5) is 4.39 Å². The fourth-order valence-corrected chi connectivity index (χ4v) is 4.25. The summed E-state index contributed by atoms with van der Waals surface area (Å²) < 4.78 is 22.3. The topological polar surface area (TPSA) is 80.6 Å². The second-order valence-corrected chi connectivity index (χ2v) is 8.38. The highest BCUT2D eigenvalue weighted by molar-refractivity contribution is 5.71. The molecule has 5 rings (SSSR count). The Kier molecular flexibility index (Phi) is 6.14. The van der Waals surface area contributed by atoms with Gasteiger partial charge in [0.05, 0.1) is 35.6 Å². The van der Waals surface area contributed by atoms with Crippen LogP contribution in [-0.2, 0) is 30.5 Å². The fraction of sp³-hybridized carbons (Fsp3) is 0.179. The normalized spacial score (nSPS) is 11.3. The number of imidazole rings is 1. The van der Waals surface area contributed by atoms with Gasteiger partial charge in [-0.25, -0.2) is 14.4 Å². The largest absolute Gasteiger partial charge is 0.481 e. The third kappa shape index (κ3) is 4.71. The summed E-state index contributed by atoms with van der Waals surface area (Å²) in [6, 6.07) is 20.1. The summed E-state index contributed by atoms with van der Waals surface area (Å²) in [5.74, 6) is 0.198. The van der Waals surface area contributed by atoms with E-state index in [9.17, 15) is 14.3 Å². The summed E-state index contributed by atoms with van der Waals surface area (Å²) in [4.78, 5) is 21.4. The van der Waals surface area contributed by atoms with Gasteiger partial charge in [0.15, 0.2) is 5.65 Å². The number of hydrogen-bond acceptors (Lipinski definition) is 4. The molecule has 3 heterocycles. The molecule has 2 aromatic carbocycles. The van der Waals surface area contributed by atoms with E-state index in [4.69, 9.17) is 14.4 Å². The lowest BCUT2D eigenvalue weighted by Crippen LogP contribution is -2.08. The van der Waals surface area contributed by atoms with Gasteiger partial charge in [-0.05, 0) is 29.8 Å². The molecule has 7 heteroatoms. The lowest BCUT2D eigenvalue weighted by Gasteiger charge is -2.10. The molecule has 6 nitrogen and oxygen atoms in total. The van der Waals surface area contributed by atoms with Crippen molar-refractivity contribution < 1.29 is 18.7 Å². The molecule has 35 heavy (non-hydrogen) atoms. The first kappa shape index (κ1) is 22.5. The molecular formula is C28H24FN3O3. The number of hydrogen-bond donors (Lipinski definition) is 1. The number of carboxylic acids is 1. The number of carbonyl (C=O) groups is 1. The van der Waals surface area contributed by atoms with Gasteiger partial charge in [-0.1, -0.05) is 49.4 Å². The maximum atomic E-state index is 14.7. The lowest BCUT2D eigenvalue weighted by atomic mass is 10.1. The summed E-state index contributed by atoms with van der Waals surface area (Å²) in [5, 5.41) is 9.67. The number of aliphatic carboxylic acids is 1. The smallest absolute Gasteiger partial charge is 0.309 e. The number of rotatable bonds is 8. The van der Waals surface area contributed by atoms with Crippen molar-refractivity contribution >= 4 is 11.6 Å². The van der Waals surface area contributed by atoms with Crippen molar-refractivity contribution in [3.05, 3.63) is 113 Å². The van der Waals surface area contributed by atoms with E-state index in [1.54, 1.807) is 28.8 Å². The quantitative estimate of drug-likeness (QED) is 0.325. The molecule has 1 N–H and O–H groups in total. The van der Waals surface area contributed by atoms with Crippen LogP contribution in [0.25, 0.3) is 16.9 Å². The third-order valence-corrected chi connectivity index (χ3v) is 5.95. The predicted molar refractivity (Wildman–Crippen MR) is 130 cm³/mol. The fourth-order valence-electron chi connectivity index (χ4n) is 4.25. The van der Waals surface area contributed by atoms with Crippen LogP contribution >= 0.6 is 0 Å². The Bertz CT molecular complexity index is 1500. The number of carboxylic acid groups (broad SMARTS) is 1. The van der Waals surface area contributed by atoms with Crippen LogP contribution in [0.2, 0.25) is 0 Å². The zero-order valence-electron chi connectivity index (χ0n) is 19.2. The highest BCUT2D eigenvalue weighted by atomic mass is 19.1. The number of fused-ring (bicyclic) bond motifs is 1. The van der Waals surface area contributed by atoms with E-state index in [0.717, 1.165) is 17.7 Å². The number of benzene rings is 2. The van der Waals surface area contributed by atoms with Crippen LogP contribution in [0.15, 0.2) is 77.3 Å². The van der Waals surface area contributed by atoms with Crippen LogP contribution in [0.3, 0.4) is 0 Å². The van der Waals surface area contributed by atoms with E-state index in [0.29, 0.717) is 52.6 Å². The lowest BCUT2D eigenvalue weighted by molar-refractivity contribution is -0.136. The van der Waals surface area contributed by atoms with Crippen LogP contribution in [0, 0.1) is 5.82 Å². The van der Waals surface area contributed by atoms with E-state index in [1.807, 2.05) is 49.4 Å². The Morgan fingerprint density at radius 1 is 0.943 bits per heavy atom. The van der Waals surface area contributed by atoms with Gasteiger partial charge in [0.25, 0.3) is 0 Å². The molecular weight excluding hydrogens is 445 g/mol. The average Bonchev–Trinajstić information content (AvgIpc) is 3.45. The zero-order chi connectivity index (χ0) is 24.4. The van der Waals surface area contributed by atoms with E-state index in [2.05, 4.69) is 0 Å². The zero-order valence-corrected chi connectivity index (χ0v) is 19.2. The minimum Gasteiger partial charge on any atom is -0.481 e. The molecule has 0 fully saturated rings. The summed E-state index contributed by atoms with van der Waals surface area (Å²) in [6.07, 6.45) is 3.03. The van der Waals surface area contributed by atoms with E-state index in [1.165, 1.54) is 6.07 Å². The molecule has 5 aromatic rings. The molecule has 0 unspecified atom stereocenters. The molecule has 0 bridgehead atoms. The Labute approximate surface area is 201 Å². The highest BCUT2D eigenvalue weighted by Gasteiger charge is 2.21. The Balaban J connectivity index is 1.71. The molecule has 0 saturated carbocycles. The molecule has 176 valence electrons. The van der Waals surface area contributed by atoms with Gasteiger partial charge in [-0.2, -0.15) is 0 Å². The first-order chi connectivity index (χ1) is 17.0. The molecule has 0 spiro atoms. The van der Waals surface area contributed by atoms with Gasteiger partial charge in [0.2, 0.25) is 0 Å². The van der Waals surface area contributed by atoms with E-state index in [-0.39, 0.29) is 6.42 Å². The van der Waals surface area contributed by atoms with Crippen molar-refractivity contribution in [1.82, 2.24) is 14.4 Å². The van der Waals surface area contributed by atoms with Crippen molar-refractivity contribution in [2.75, 3.05) is 0 Å². The summed E-state index contributed by atoms with van der Waals surface area (Å²) in [5.41, 5.74) is 4.12. The van der Waals surface area contributed by atoms with Gasteiger partial charge in [0, 0.05) is 24.6 Å². The first-order valence-corrected chi connectivity index (χ1v) is 11.5. The van der Waals surface area contributed by atoms with Gasteiger partial charge in [0.1, 0.15) is 17.3 Å². The van der Waals surface area contributed by atoms with E-state index >= 15 is 0 Å². The summed E-state index contributed by atoms with van der Waals surface area (Å²) in [6.45, 7) is 2.01. The van der Waals surface area contributed by atoms with Crippen molar-refractivity contribution in [1.29, 1.82) is 0 Å². The molecule has 0 saturated heterocycles. The molecule has 0 radical (unpaired) electrons. The number of nitrogens with zero attached hydrogens (tertiary/aromatic N) is 3. The first-order valence-electron chi connectivity index (χ1n) is 11.5. The molecule has 0 aliphatic carbocycles. The minimum absolute atomic E-state index is 0.233. The number of aromatic nitrogens is 3. The number of furan rings is 1.